The number of hydrogen-bond donors (Lipinski definition) is 1. The molecule has 0 atom stereocenters. The van der Waals surface area contributed by atoms with Crippen LogP contribution in [-0.2, 0) is 4.79 Å². The second-order valence-electron chi connectivity index (χ2n) is 1.09. The average molecular weight is 136 g/mol. The summed E-state index contributed by atoms with van der Waals surface area (Å²) >= 11 is 0. The summed E-state index contributed by atoms with van der Waals surface area (Å²) in [5, 5.41) is 7.89. The first-order valence-corrected chi connectivity index (χ1v) is 2.67. The zero-order chi connectivity index (χ0) is 7.15. The lowest BCUT2D eigenvalue weighted by atomic mass is 10.4. The Morgan fingerprint density at radius 1 is 1.75 bits per heavy atom. The molecule has 0 heterocycles. The van der Waals surface area contributed by atoms with Crippen molar-refractivity contribution in [2.75, 3.05) is 0 Å². The fourth-order valence-electron chi connectivity index (χ4n) is 0. The molecule has 2 nitrogen and oxygen atoms in total. The van der Waals surface area contributed by atoms with E-state index in [4.69, 9.17) is 5.11 Å². The minimum atomic E-state index is -0.935. The van der Waals surface area contributed by atoms with Gasteiger partial charge in [-0.05, 0) is 6.92 Å². The number of aliphatic carboxylic acids is 1. The van der Waals surface area contributed by atoms with E-state index in [1.807, 2.05) is 0 Å². The second kappa shape index (κ2) is 6.36. The maximum absolute atomic E-state index is 9.64. The van der Waals surface area contributed by atoms with E-state index in [1.54, 1.807) is 0 Å². The molecule has 0 amide bonds. The predicted molar refractivity (Wildman–Crippen MR) is 33.5 cm³/mol. The molecule has 0 aliphatic carbocycles. The largest absolute Gasteiger partial charge is 0.478 e. The predicted octanol–water partition coefficient (Wildman–Crippen LogP) is -0.117. The fraction of sp³-hybridized carbons (Fsp3) is 0.250. The molecule has 48 valence electrons. The van der Waals surface area contributed by atoms with Crippen LogP contribution in [0.25, 0.3) is 0 Å². The van der Waals surface area contributed by atoms with Crippen LogP contribution in [0.15, 0.2) is 12.2 Å². The molecule has 0 fully saturated rings. The van der Waals surface area contributed by atoms with Gasteiger partial charge in [0.15, 0.2) is 0 Å². The van der Waals surface area contributed by atoms with Gasteiger partial charge in [0.2, 0.25) is 10.6 Å². The number of rotatable bonds is 1. The zero-order valence-corrected chi connectivity index (χ0v) is 6.94. The molecule has 8 heavy (non-hydrogen) atoms. The molecule has 0 rings (SSSR count). The van der Waals surface area contributed by atoms with Gasteiger partial charge >= 0.3 is 5.97 Å². The molecule has 0 aliphatic rings. The van der Waals surface area contributed by atoms with Crippen molar-refractivity contribution in [1.82, 2.24) is 0 Å². The highest BCUT2D eigenvalue weighted by Gasteiger charge is 1.90. The van der Waals surface area contributed by atoms with E-state index >= 15 is 0 Å². The highest BCUT2D eigenvalue weighted by Crippen LogP contribution is 1.81. The fourth-order valence-corrected chi connectivity index (χ4v) is 0. The normalized spacial score (nSPS) is 6.75. The summed E-state index contributed by atoms with van der Waals surface area (Å²) in [7, 11) is -0.194. The van der Waals surface area contributed by atoms with Crippen molar-refractivity contribution in [3.8, 4) is 0 Å². The number of carbonyl (C=O) groups is 1. The van der Waals surface area contributed by atoms with Crippen LogP contribution in [-0.4, -0.2) is 21.7 Å². The summed E-state index contributed by atoms with van der Waals surface area (Å²) in [6.07, 6.45) is 0. The minimum absolute atomic E-state index is 0.176. The Bertz CT molecular complexity index is 80.0. The van der Waals surface area contributed by atoms with Crippen molar-refractivity contribution in [2.24, 2.45) is 0 Å². The van der Waals surface area contributed by atoms with Crippen LogP contribution in [0, 0.1) is 0 Å². The van der Waals surface area contributed by atoms with Gasteiger partial charge < -0.3 is 9.21 Å². The molecule has 0 aromatic carbocycles. The van der Waals surface area contributed by atoms with E-state index in [-0.39, 0.29) is 16.1 Å². The first-order chi connectivity index (χ1) is 3.64. The van der Waals surface area contributed by atoms with E-state index in [0.717, 1.165) is 0 Å². The molecule has 0 spiro atoms. The van der Waals surface area contributed by atoms with Gasteiger partial charge in [-0.2, -0.15) is 0 Å². The molecule has 0 saturated heterocycles. The molecule has 0 aromatic rings. The molecule has 0 aliphatic heterocycles. The Hall–Kier alpha value is -0.643. The van der Waals surface area contributed by atoms with E-state index in [2.05, 4.69) is 6.58 Å². The summed E-state index contributed by atoms with van der Waals surface area (Å²) in [5.74, 6) is -0.935. The van der Waals surface area contributed by atoms with Gasteiger partial charge in [-0.1, -0.05) is 6.58 Å². The molecule has 0 saturated carbocycles. The summed E-state index contributed by atoms with van der Waals surface area (Å²) in [4.78, 5) is 9.60. The van der Waals surface area contributed by atoms with Crippen molar-refractivity contribution in [2.45, 2.75) is 6.92 Å². The number of carboxylic acid groups (broad SMARTS) is 1. The van der Waals surface area contributed by atoms with Gasteiger partial charge in [-0.3, -0.25) is 0 Å². The highest BCUT2D eigenvalue weighted by atomic mass is 28.2. The summed E-state index contributed by atoms with van der Waals surface area (Å²) in [5.41, 5.74) is 0.176. The highest BCUT2D eigenvalue weighted by molar-refractivity contribution is 5.96. The first-order valence-electron chi connectivity index (χ1n) is 1.91. The van der Waals surface area contributed by atoms with Crippen molar-refractivity contribution in [3.63, 3.8) is 0 Å². The quantitative estimate of drug-likeness (QED) is 0.310. The standard InChI is InChI=1S/C4H6O2.FH3Si/c1-3(2)4(5)6;1-2/h1H2,2H3,(H,5,6);2H3. The molecule has 0 radical (unpaired) electrons. The topological polar surface area (TPSA) is 37.3 Å². The summed E-state index contributed by atoms with van der Waals surface area (Å²) in [6, 6.07) is 0. The van der Waals surface area contributed by atoms with Gasteiger partial charge in [-0.15, -0.1) is 0 Å². The monoisotopic (exact) mass is 136 g/mol. The van der Waals surface area contributed by atoms with Crippen LogP contribution < -0.4 is 0 Å². The van der Waals surface area contributed by atoms with Crippen molar-refractivity contribution in [1.29, 1.82) is 0 Å². The Balaban J connectivity index is 0. The molecule has 0 unspecified atom stereocenters. The van der Waals surface area contributed by atoms with Crippen molar-refractivity contribution >= 4 is 16.5 Å². The van der Waals surface area contributed by atoms with E-state index in [1.165, 1.54) is 6.92 Å². The summed E-state index contributed by atoms with van der Waals surface area (Å²) in [6.45, 7) is 4.60. The van der Waals surface area contributed by atoms with Crippen molar-refractivity contribution in [3.05, 3.63) is 12.2 Å². The third kappa shape index (κ3) is 9.02. The Morgan fingerprint density at radius 2 is 1.88 bits per heavy atom. The molecule has 4 heteroatoms. The van der Waals surface area contributed by atoms with E-state index in [9.17, 15) is 8.90 Å². The summed E-state index contributed by atoms with van der Waals surface area (Å²) < 4.78 is 9.64. The van der Waals surface area contributed by atoms with Gasteiger partial charge in [0.05, 0.1) is 0 Å². The number of hydrogen-bond acceptors (Lipinski definition) is 1. The zero-order valence-electron chi connectivity index (χ0n) is 4.94. The SMILES string of the molecule is C=C(C)C(=O)O.F[SiH3]. The van der Waals surface area contributed by atoms with Crippen LogP contribution in [0.3, 0.4) is 0 Å². The van der Waals surface area contributed by atoms with Crippen LogP contribution >= 0.6 is 0 Å². The Morgan fingerprint density at radius 3 is 1.88 bits per heavy atom. The molecular formula is C4H9FO2Si. The van der Waals surface area contributed by atoms with Gasteiger partial charge in [0.1, 0.15) is 0 Å². The number of halogens is 1. The molecule has 0 aromatic heterocycles. The first kappa shape index (κ1) is 10.4. The van der Waals surface area contributed by atoms with Crippen LogP contribution in [0.1, 0.15) is 6.92 Å². The van der Waals surface area contributed by atoms with E-state index in [0.29, 0.717) is 0 Å². The van der Waals surface area contributed by atoms with E-state index < -0.39 is 5.97 Å². The average Bonchev–Trinajstić information content (AvgIpc) is 1.72. The van der Waals surface area contributed by atoms with Crippen LogP contribution in [0.5, 0.6) is 0 Å². The lowest BCUT2D eigenvalue weighted by molar-refractivity contribution is -0.132. The maximum Gasteiger partial charge on any atom is 0.330 e. The van der Waals surface area contributed by atoms with Crippen LogP contribution in [0.4, 0.5) is 4.11 Å². The maximum atomic E-state index is 9.64. The Kier molecular flexibility index (Phi) is 8.23. The van der Waals surface area contributed by atoms with Crippen LogP contribution in [0.2, 0.25) is 0 Å². The molecule has 0 bridgehead atoms. The smallest absolute Gasteiger partial charge is 0.330 e. The molecule has 1 N–H and O–H groups in total. The molecular weight excluding hydrogens is 127 g/mol. The Labute approximate surface area is 50.6 Å². The van der Waals surface area contributed by atoms with Crippen molar-refractivity contribution < 1.29 is 14.0 Å². The van der Waals surface area contributed by atoms with Gasteiger partial charge in [0, 0.05) is 5.57 Å². The van der Waals surface area contributed by atoms with Gasteiger partial charge in [0.25, 0.3) is 0 Å². The minimum Gasteiger partial charge on any atom is -0.478 e. The third-order valence-corrected chi connectivity index (χ3v) is 0.365. The number of carboxylic acids is 1. The lowest BCUT2D eigenvalue weighted by Crippen LogP contribution is -1.92. The second-order valence-corrected chi connectivity index (χ2v) is 1.09. The third-order valence-electron chi connectivity index (χ3n) is 0.365. The lowest BCUT2D eigenvalue weighted by Gasteiger charge is -1.79. The van der Waals surface area contributed by atoms with Gasteiger partial charge in [-0.25, -0.2) is 4.79 Å².